The highest BCUT2D eigenvalue weighted by atomic mass is 16.5. The van der Waals surface area contributed by atoms with Gasteiger partial charge in [0.2, 0.25) is 11.8 Å². The maximum atomic E-state index is 13.0. The molecule has 34 heavy (non-hydrogen) atoms. The Labute approximate surface area is 200 Å². The van der Waals surface area contributed by atoms with E-state index in [0.29, 0.717) is 38.1 Å². The number of primary amides is 1. The molecule has 2 aromatic rings. The molecule has 0 saturated carbocycles. The second kappa shape index (κ2) is 11.2. The Balaban J connectivity index is 1.26. The zero-order valence-electron chi connectivity index (χ0n) is 19.6. The number of carbonyl (C=O) groups is 3. The third kappa shape index (κ3) is 5.76. The van der Waals surface area contributed by atoms with Crippen molar-refractivity contribution >= 4 is 23.4 Å². The van der Waals surface area contributed by atoms with Gasteiger partial charge in [-0.15, -0.1) is 0 Å². The second-order valence-electron chi connectivity index (χ2n) is 9.07. The molecule has 2 N–H and O–H groups in total. The second-order valence-corrected chi connectivity index (χ2v) is 9.07. The molecule has 0 bridgehead atoms. The smallest absolute Gasteiger partial charge is 0.253 e. The molecular formula is C27H33N3O4. The number of rotatable bonds is 9. The standard InChI is InChI=1S/C27H33N3O4/c28-25(31)8-2-1-5-19-34-23-12-9-21(10-13-23)27(33)29-17-15-22(16-18-29)30-24-7-4-3-6-20(24)11-14-26(30)32/h3-4,6-7,9-10,12-13,22H,1-2,5,8,11,14-19H2,(H2,28,31). The topological polar surface area (TPSA) is 92.9 Å². The Morgan fingerprint density at radius 2 is 1.68 bits per heavy atom. The van der Waals surface area contributed by atoms with Crippen molar-refractivity contribution in [3.63, 3.8) is 0 Å². The first-order chi connectivity index (χ1) is 16.5. The molecule has 0 radical (unpaired) electrons. The zero-order valence-corrected chi connectivity index (χ0v) is 19.6. The summed E-state index contributed by atoms with van der Waals surface area (Å²) in [4.78, 5) is 40.3. The van der Waals surface area contributed by atoms with Gasteiger partial charge in [-0.05, 0) is 74.4 Å². The van der Waals surface area contributed by atoms with E-state index in [0.717, 1.165) is 50.0 Å². The quantitative estimate of drug-likeness (QED) is 0.574. The summed E-state index contributed by atoms with van der Waals surface area (Å²) >= 11 is 0. The summed E-state index contributed by atoms with van der Waals surface area (Å²) in [6.45, 7) is 1.84. The van der Waals surface area contributed by atoms with Crippen LogP contribution in [0.25, 0.3) is 0 Å². The van der Waals surface area contributed by atoms with Crippen LogP contribution in [0.4, 0.5) is 5.69 Å². The van der Waals surface area contributed by atoms with Crippen LogP contribution in [0.5, 0.6) is 5.75 Å². The van der Waals surface area contributed by atoms with Crippen molar-refractivity contribution in [2.75, 3.05) is 24.6 Å². The van der Waals surface area contributed by atoms with Crippen LogP contribution in [-0.4, -0.2) is 48.4 Å². The normalized spacial score (nSPS) is 16.3. The van der Waals surface area contributed by atoms with Crippen LogP contribution >= 0.6 is 0 Å². The highest BCUT2D eigenvalue weighted by molar-refractivity contribution is 5.97. The maximum Gasteiger partial charge on any atom is 0.253 e. The summed E-state index contributed by atoms with van der Waals surface area (Å²) in [6, 6.07) is 15.6. The van der Waals surface area contributed by atoms with Crippen molar-refractivity contribution in [2.45, 2.75) is 57.4 Å². The fraction of sp³-hybridized carbons (Fsp3) is 0.444. The predicted molar refractivity (Wildman–Crippen MR) is 131 cm³/mol. The molecule has 180 valence electrons. The molecule has 1 fully saturated rings. The van der Waals surface area contributed by atoms with Crippen LogP contribution in [0.1, 0.15) is 60.9 Å². The molecule has 7 heteroatoms. The van der Waals surface area contributed by atoms with Crippen LogP contribution < -0.4 is 15.4 Å². The van der Waals surface area contributed by atoms with Gasteiger partial charge in [0.25, 0.3) is 5.91 Å². The molecule has 2 aliphatic rings. The number of anilines is 1. The van der Waals surface area contributed by atoms with E-state index >= 15 is 0 Å². The number of likely N-dealkylation sites (tertiary alicyclic amines) is 1. The van der Waals surface area contributed by atoms with E-state index in [1.54, 1.807) is 12.1 Å². The summed E-state index contributed by atoms with van der Waals surface area (Å²) in [7, 11) is 0. The number of amides is 3. The number of ether oxygens (including phenoxy) is 1. The first kappa shape index (κ1) is 23.8. The largest absolute Gasteiger partial charge is 0.494 e. The fourth-order valence-electron chi connectivity index (χ4n) is 4.83. The van der Waals surface area contributed by atoms with E-state index in [9.17, 15) is 14.4 Å². The van der Waals surface area contributed by atoms with E-state index in [-0.39, 0.29) is 23.8 Å². The minimum atomic E-state index is -0.268. The molecule has 0 aromatic heterocycles. The lowest BCUT2D eigenvalue weighted by molar-refractivity contribution is -0.120. The van der Waals surface area contributed by atoms with Crippen molar-refractivity contribution in [2.24, 2.45) is 5.73 Å². The zero-order chi connectivity index (χ0) is 23.9. The van der Waals surface area contributed by atoms with Gasteiger partial charge in [-0.2, -0.15) is 0 Å². The molecule has 7 nitrogen and oxygen atoms in total. The molecule has 3 amide bonds. The number of fused-ring (bicyclic) bond motifs is 1. The van der Waals surface area contributed by atoms with Gasteiger partial charge in [-0.3, -0.25) is 14.4 Å². The summed E-state index contributed by atoms with van der Waals surface area (Å²) < 4.78 is 5.73. The molecule has 0 atom stereocenters. The number of carbonyl (C=O) groups excluding carboxylic acids is 3. The average molecular weight is 464 g/mol. The number of nitrogens with two attached hydrogens (primary N) is 1. The average Bonchev–Trinajstić information content (AvgIpc) is 2.86. The third-order valence-corrected chi connectivity index (χ3v) is 6.68. The Morgan fingerprint density at radius 1 is 0.941 bits per heavy atom. The number of para-hydroxylation sites is 1. The molecule has 4 rings (SSSR count). The van der Waals surface area contributed by atoms with Gasteiger partial charge in [0.1, 0.15) is 5.75 Å². The monoisotopic (exact) mass is 463 g/mol. The maximum absolute atomic E-state index is 13.0. The molecule has 2 aliphatic heterocycles. The first-order valence-corrected chi connectivity index (χ1v) is 12.2. The number of hydrogen-bond acceptors (Lipinski definition) is 4. The van der Waals surface area contributed by atoms with Crippen LogP contribution in [0.2, 0.25) is 0 Å². The van der Waals surface area contributed by atoms with E-state index in [2.05, 4.69) is 6.07 Å². The lowest BCUT2D eigenvalue weighted by atomic mass is 9.95. The Morgan fingerprint density at radius 3 is 2.41 bits per heavy atom. The number of piperidine rings is 1. The number of aryl methyl sites for hydroxylation is 1. The number of benzene rings is 2. The number of unbranched alkanes of at least 4 members (excludes halogenated alkanes) is 2. The summed E-state index contributed by atoms with van der Waals surface area (Å²) in [6.07, 6.45) is 5.86. The van der Waals surface area contributed by atoms with Gasteiger partial charge in [0, 0.05) is 43.2 Å². The molecule has 0 aliphatic carbocycles. The third-order valence-electron chi connectivity index (χ3n) is 6.68. The lowest BCUT2D eigenvalue weighted by Gasteiger charge is -2.41. The van der Waals surface area contributed by atoms with E-state index in [1.807, 2.05) is 40.1 Å². The van der Waals surface area contributed by atoms with Gasteiger partial charge in [0.05, 0.1) is 6.61 Å². The van der Waals surface area contributed by atoms with Crippen molar-refractivity contribution in [3.8, 4) is 5.75 Å². The van der Waals surface area contributed by atoms with Crippen LogP contribution in [0, 0.1) is 0 Å². The summed E-state index contributed by atoms with van der Waals surface area (Å²) in [5, 5.41) is 0. The van der Waals surface area contributed by atoms with Crippen molar-refractivity contribution in [1.29, 1.82) is 0 Å². The summed E-state index contributed by atoms with van der Waals surface area (Å²) in [5.41, 5.74) is 8.05. The van der Waals surface area contributed by atoms with Gasteiger partial charge in [0.15, 0.2) is 0 Å². The van der Waals surface area contributed by atoms with Crippen molar-refractivity contribution in [1.82, 2.24) is 4.90 Å². The Bertz CT molecular complexity index is 1010. The van der Waals surface area contributed by atoms with E-state index in [1.165, 1.54) is 5.56 Å². The fourth-order valence-corrected chi connectivity index (χ4v) is 4.83. The Kier molecular flexibility index (Phi) is 7.83. The van der Waals surface area contributed by atoms with Gasteiger partial charge in [-0.1, -0.05) is 18.2 Å². The van der Waals surface area contributed by atoms with Crippen molar-refractivity contribution < 1.29 is 19.1 Å². The highest BCUT2D eigenvalue weighted by Crippen LogP contribution is 2.32. The van der Waals surface area contributed by atoms with Crippen LogP contribution in [0.15, 0.2) is 48.5 Å². The number of hydrogen-bond donors (Lipinski definition) is 1. The molecule has 1 saturated heterocycles. The number of nitrogens with zero attached hydrogens (tertiary/aromatic N) is 2. The Hall–Kier alpha value is -3.35. The first-order valence-electron chi connectivity index (χ1n) is 12.2. The summed E-state index contributed by atoms with van der Waals surface area (Å²) in [5.74, 6) is 0.664. The van der Waals surface area contributed by atoms with E-state index in [4.69, 9.17) is 10.5 Å². The predicted octanol–water partition coefficient (Wildman–Crippen LogP) is 3.70. The van der Waals surface area contributed by atoms with Gasteiger partial charge >= 0.3 is 0 Å². The van der Waals surface area contributed by atoms with Crippen LogP contribution in [-0.2, 0) is 16.0 Å². The van der Waals surface area contributed by atoms with Crippen LogP contribution in [0.3, 0.4) is 0 Å². The van der Waals surface area contributed by atoms with Gasteiger partial charge < -0.3 is 20.3 Å². The molecule has 2 aromatic carbocycles. The minimum Gasteiger partial charge on any atom is -0.494 e. The lowest BCUT2D eigenvalue weighted by Crippen LogP contribution is -2.50. The SMILES string of the molecule is NC(=O)CCCCCOc1ccc(C(=O)N2CCC(N3C(=O)CCc4ccccc43)CC2)cc1. The minimum absolute atomic E-state index is 0.0156. The molecule has 2 heterocycles. The molecular weight excluding hydrogens is 430 g/mol. The molecule has 0 spiro atoms. The van der Waals surface area contributed by atoms with Crippen molar-refractivity contribution in [3.05, 3.63) is 59.7 Å². The van der Waals surface area contributed by atoms with Gasteiger partial charge in [-0.25, -0.2) is 0 Å². The molecule has 0 unspecified atom stereocenters. The van der Waals surface area contributed by atoms with E-state index < -0.39 is 0 Å². The highest BCUT2D eigenvalue weighted by Gasteiger charge is 2.33.